The van der Waals surface area contributed by atoms with Gasteiger partial charge >= 0.3 is 5.97 Å². The van der Waals surface area contributed by atoms with Gasteiger partial charge in [0, 0.05) is 12.2 Å². The van der Waals surface area contributed by atoms with E-state index in [2.05, 4.69) is 4.98 Å². The van der Waals surface area contributed by atoms with Crippen LogP contribution in [-0.4, -0.2) is 28.5 Å². The maximum atomic E-state index is 12.5. The molecule has 0 fully saturated rings. The highest BCUT2D eigenvalue weighted by Crippen LogP contribution is 2.36. The molecule has 0 spiro atoms. The molecule has 21 heavy (non-hydrogen) atoms. The number of fused-ring (bicyclic) bond motifs is 1. The number of amides is 1. The summed E-state index contributed by atoms with van der Waals surface area (Å²) >= 11 is 5.80. The third-order valence-electron chi connectivity index (χ3n) is 3.45. The first-order valence-electron chi connectivity index (χ1n) is 6.34. The van der Waals surface area contributed by atoms with Gasteiger partial charge in [0.1, 0.15) is 16.8 Å². The van der Waals surface area contributed by atoms with Crippen LogP contribution in [0.25, 0.3) is 0 Å². The standard InChI is InChI=1S/C15H11ClN2O3/c16-13-7-3-5-11(17-13)14(19)18-8-10(15(20)21)9-4-1-2-6-12(9)18/h1-7,10H,8H2,(H,20,21). The van der Waals surface area contributed by atoms with Crippen molar-refractivity contribution in [1.82, 2.24) is 4.98 Å². The Hall–Kier alpha value is -2.40. The zero-order valence-electron chi connectivity index (χ0n) is 10.9. The lowest BCUT2D eigenvalue weighted by molar-refractivity contribution is -0.138. The molecular formula is C15H11ClN2O3. The van der Waals surface area contributed by atoms with Crippen LogP contribution in [0, 0.1) is 0 Å². The van der Waals surface area contributed by atoms with Gasteiger partial charge in [0.05, 0.1) is 0 Å². The van der Waals surface area contributed by atoms with Crippen LogP contribution in [-0.2, 0) is 4.79 Å². The minimum absolute atomic E-state index is 0.0989. The van der Waals surface area contributed by atoms with E-state index >= 15 is 0 Å². The van der Waals surface area contributed by atoms with Gasteiger partial charge in [0.25, 0.3) is 5.91 Å². The fourth-order valence-corrected chi connectivity index (χ4v) is 2.64. The van der Waals surface area contributed by atoms with E-state index in [1.165, 1.54) is 4.90 Å². The summed E-state index contributed by atoms with van der Waals surface area (Å²) in [5.74, 6) is -2.02. The molecule has 1 N–H and O–H groups in total. The minimum atomic E-state index is -0.947. The average Bonchev–Trinajstić information content (AvgIpc) is 2.86. The van der Waals surface area contributed by atoms with Crippen molar-refractivity contribution in [3.63, 3.8) is 0 Å². The second-order valence-electron chi connectivity index (χ2n) is 4.71. The van der Waals surface area contributed by atoms with E-state index in [4.69, 9.17) is 11.6 Å². The van der Waals surface area contributed by atoms with Crippen molar-refractivity contribution in [3.8, 4) is 0 Å². The molecule has 0 aliphatic carbocycles. The van der Waals surface area contributed by atoms with Gasteiger partial charge in [-0.3, -0.25) is 9.59 Å². The largest absolute Gasteiger partial charge is 0.481 e. The Morgan fingerprint density at radius 3 is 2.67 bits per heavy atom. The number of para-hydroxylation sites is 1. The molecule has 0 radical (unpaired) electrons. The van der Waals surface area contributed by atoms with Gasteiger partial charge < -0.3 is 10.0 Å². The highest BCUT2D eigenvalue weighted by molar-refractivity contribution is 6.29. The van der Waals surface area contributed by atoms with Gasteiger partial charge in [-0.2, -0.15) is 0 Å². The van der Waals surface area contributed by atoms with E-state index in [-0.39, 0.29) is 23.3 Å². The maximum absolute atomic E-state index is 12.5. The molecule has 1 amide bonds. The summed E-state index contributed by atoms with van der Waals surface area (Å²) in [6.07, 6.45) is 0. The van der Waals surface area contributed by atoms with Gasteiger partial charge in [-0.1, -0.05) is 35.9 Å². The number of carboxylic acids is 1. The summed E-state index contributed by atoms with van der Waals surface area (Å²) in [4.78, 5) is 29.3. The molecule has 1 atom stereocenters. The molecule has 0 saturated heterocycles. The zero-order chi connectivity index (χ0) is 15.0. The number of carbonyl (C=O) groups excluding carboxylic acids is 1. The molecule has 0 saturated carbocycles. The molecular weight excluding hydrogens is 292 g/mol. The van der Waals surface area contributed by atoms with Crippen LogP contribution >= 0.6 is 11.6 Å². The molecule has 1 aliphatic heterocycles. The topological polar surface area (TPSA) is 70.5 Å². The summed E-state index contributed by atoms with van der Waals surface area (Å²) < 4.78 is 0. The van der Waals surface area contributed by atoms with E-state index in [0.29, 0.717) is 11.3 Å². The summed E-state index contributed by atoms with van der Waals surface area (Å²) in [5.41, 5.74) is 1.44. The fraction of sp³-hybridized carbons (Fsp3) is 0.133. The average molecular weight is 303 g/mol. The number of hydrogen-bond donors (Lipinski definition) is 1. The number of halogens is 1. The summed E-state index contributed by atoms with van der Waals surface area (Å²) in [6.45, 7) is 0.0989. The molecule has 0 bridgehead atoms. The summed E-state index contributed by atoms with van der Waals surface area (Å²) in [5, 5.41) is 9.52. The van der Waals surface area contributed by atoms with E-state index in [0.717, 1.165) is 0 Å². The van der Waals surface area contributed by atoms with Crippen LogP contribution in [0.1, 0.15) is 22.0 Å². The Kier molecular flexibility index (Phi) is 3.35. The molecule has 2 heterocycles. The van der Waals surface area contributed by atoms with Crippen molar-refractivity contribution < 1.29 is 14.7 Å². The molecule has 1 aromatic carbocycles. The highest BCUT2D eigenvalue weighted by Gasteiger charge is 2.36. The number of rotatable bonds is 2. The number of aliphatic carboxylic acids is 1. The quantitative estimate of drug-likeness (QED) is 0.866. The SMILES string of the molecule is O=C(O)C1CN(C(=O)c2cccc(Cl)n2)c2ccccc21. The van der Waals surface area contributed by atoms with Crippen molar-refractivity contribution in [2.75, 3.05) is 11.4 Å². The normalized spacial score (nSPS) is 16.6. The van der Waals surface area contributed by atoms with Gasteiger partial charge in [0.2, 0.25) is 0 Å². The van der Waals surface area contributed by atoms with Crippen LogP contribution in [0.15, 0.2) is 42.5 Å². The molecule has 1 aromatic heterocycles. The van der Waals surface area contributed by atoms with Crippen LogP contribution in [0.2, 0.25) is 5.15 Å². The number of hydrogen-bond acceptors (Lipinski definition) is 3. The predicted molar refractivity (Wildman–Crippen MR) is 77.7 cm³/mol. The first-order chi connectivity index (χ1) is 10.1. The van der Waals surface area contributed by atoms with Crippen molar-refractivity contribution in [2.45, 2.75) is 5.92 Å². The molecule has 1 unspecified atom stereocenters. The molecule has 3 rings (SSSR count). The number of aromatic nitrogens is 1. The van der Waals surface area contributed by atoms with Gasteiger partial charge in [0.15, 0.2) is 0 Å². The maximum Gasteiger partial charge on any atom is 0.312 e. The number of carbonyl (C=O) groups is 2. The lowest BCUT2D eigenvalue weighted by Crippen LogP contribution is -2.31. The van der Waals surface area contributed by atoms with Crippen LogP contribution < -0.4 is 4.90 Å². The van der Waals surface area contributed by atoms with Crippen molar-refractivity contribution in [1.29, 1.82) is 0 Å². The van der Waals surface area contributed by atoms with Crippen molar-refractivity contribution in [3.05, 3.63) is 58.9 Å². The highest BCUT2D eigenvalue weighted by atomic mass is 35.5. The van der Waals surface area contributed by atoms with Gasteiger partial charge in [-0.15, -0.1) is 0 Å². The Labute approximate surface area is 125 Å². The monoisotopic (exact) mass is 302 g/mol. The third kappa shape index (κ3) is 2.36. The second-order valence-corrected chi connectivity index (χ2v) is 5.10. The molecule has 6 heteroatoms. The smallest absolute Gasteiger partial charge is 0.312 e. The van der Waals surface area contributed by atoms with E-state index in [1.54, 1.807) is 42.5 Å². The molecule has 2 aromatic rings. The van der Waals surface area contributed by atoms with E-state index in [9.17, 15) is 14.7 Å². The number of pyridine rings is 1. The molecule has 1 aliphatic rings. The van der Waals surface area contributed by atoms with E-state index in [1.807, 2.05) is 0 Å². The van der Waals surface area contributed by atoms with Gasteiger partial charge in [-0.05, 0) is 23.8 Å². The first-order valence-corrected chi connectivity index (χ1v) is 6.72. The summed E-state index contributed by atoms with van der Waals surface area (Å²) in [7, 11) is 0. The number of anilines is 1. The van der Waals surface area contributed by atoms with Crippen LogP contribution in [0.5, 0.6) is 0 Å². The Morgan fingerprint density at radius 2 is 1.95 bits per heavy atom. The zero-order valence-corrected chi connectivity index (χ0v) is 11.6. The lowest BCUT2D eigenvalue weighted by Gasteiger charge is -2.16. The Morgan fingerprint density at radius 1 is 1.19 bits per heavy atom. The van der Waals surface area contributed by atoms with E-state index < -0.39 is 11.9 Å². The second kappa shape index (κ2) is 5.18. The fourth-order valence-electron chi connectivity index (χ4n) is 2.48. The predicted octanol–water partition coefficient (Wildman–Crippen LogP) is 2.56. The minimum Gasteiger partial charge on any atom is -0.481 e. The summed E-state index contributed by atoms with van der Waals surface area (Å²) in [6, 6.07) is 11.8. The number of nitrogens with zero attached hydrogens (tertiary/aromatic N) is 2. The lowest BCUT2D eigenvalue weighted by atomic mass is 10.0. The third-order valence-corrected chi connectivity index (χ3v) is 3.66. The van der Waals surface area contributed by atoms with Crippen LogP contribution in [0.4, 0.5) is 5.69 Å². The van der Waals surface area contributed by atoms with Crippen molar-refractivity contribution in [2.24, 2.45) is 0 Å². The Balaban J connectivity index is 2.01. The van der Waals surface area contributed by atoms with Crippen LogP contribution in [0.3, 0.4) is 0 Å². The van der Waals surface area contributed by atoms with Crippen molar-refractivity contribution >= 4 is 29.2 Å². The number of carboxylic acid groups (broad SMARTS) is 1. The molecule has 5 nitrogen and oxygen atoms in total. The Bertz CT molecular complexity index is 732. The number of benzene rings is 1. The van der Waals surface area contributed by atoms with Gasteiger partial charge in [-0.25, -0.2) is 4.98 Å². The molecule has 106 valence electrons. The first kappa shape index (κ1) is 13.6.